The molecule has 3 heterocycles. The van der Waals surface area contributed by atoms with E-state index in [1.807, 2.05) is 13.8 Å². The summed E-state index contributed by atoms with van der Waals surface area (Å²) in [6.45, 7) is 4.12. The maximum Gasteiger partial charge on any atom is 0.275 e. The molecule has 0 aliphatic rings. The Morgan fingerprint density at radius 1 is 1.16 bits per heavy atom. The van der Waals surface area contributed by atoms with Crippen molar-refractivity contribution in [3.63, 3.8) is 0 Å². The SMILES string of the molecule is CC(C)c1nn(CC(=O)Nc2ccc3nncn3n2)c(=O)c2ccc(C(C)(F)F)cc12. The predicted octanol–water partition coefficient (Wildman–Crippen LogP) is 2.71. The van der Waals surface area contributed by atoms with Gasteiger partial charge in [-0.25, -0.2) is 13.5 Å². The quantitative estimate of drug-likeness (QED) is 0.525. The van der Waals surface area contributed by atoms with Gasteiger partial charge >= 0.3 is 0 Å². The molecule has 4 rings (SSSR count). The molecule has 0 saturated heterocycles. The van der Waals surface area contributed by atoms with E-state index in [0.717, 1.165) is 11.6 Å². The first kappa shape index (κ1) is 20.5. The maximum absolute atomic E-state index is 13.8. The number of aromatic nitrogens is 6. The zero-order valence-corrected chi connectivity index (χ0v) is 17.0. The first-order valence-electron chi connectivity index (χ1n) is 9.53. The number of rotatable bonds is 5. The number of nitrogens with zero attached hydrogens (tertiary/aromatic N) is 6. The Balaban J connectivity index is 1.68. The highest BCUT2D eigenvalue weighted by molar-refractivity contribution is 5.90. The molecule has 31 heavy (non-hydrogen) atoms. The molecule has 0 saturated carbocycles. The smallest absolute Gasteiger partial charge is 0.275 e. The Bertz CT molecular complexity index is 1360. The molecule has 9 nitrogen and oxygen atoms in total. The average molecular weight is 427 g/mol. The molecule has 0 aliphatic heterocycles. The van der Waals surface area contributed by atoms with Crippen LogP contribution in [0.2, 0.25) is 0 Å². The van der Waals surface area contributed by atoms with E-state index in [9.17, 15) is 18.4 Å². The van der Waals surface area contributed by atoms with Gasteiger partial charge in [0.2, 0.25) is 5.91 Å². The van der Waals surface area contributed by atoms with E-state index in [1.54, 1.807) is 12.1 Å². The summed E-state index contributed by atoms with van der Waals surface area (Å²) in [5.74, 6) is -3.46. The Morgan fingerprint density at radius 2 is 1.94 bits per heavy atom. The molecular weight excluding hydrogens is 408 g/mol. The van der Waals surface area contributed by atoms with Crippen LogP contribution >= 0.6 is 0 Å². The molecule has 0 radical (unpaired) electrons. The van der Waals surface area contributed by atoms with Gasteiger partial charge in [0.05, 0.1) is 11.1 Å². The summed E-state index contributed by atoms with van der Waals surface area (Å²) in [4.78, 5) is 25.4. The minimum atomic E-state index is -3.05. The van der Waals surface area contributed by atoms with Gasteiger partial charge in [0.15, 0.2) is 11.5 Å². The van der Waals surface area contributed by atoms with Crippen molar-refractivity contribution < 1.29 is 13.6 Å². The summed E-state index contributed by atoms with van der Waals surface area (Å²) in [5.41, 5.74) is 0.235. The molecular formula is C20H19F2N7O2. The van der Waals surface area contributed by atoms with Gasteiger partial charge < -0.3 is 5.32 Å². The summed E-state index contributed by atoms with van der Waals surface area (Å²) >= 11 is 0. The van der Waals surface area contributed by atoms with Gasteiger partial charge in [-0.1, -0.05) is 19.9 Å². The number of benzene rings is 1. The first-order chi connectivity index (χ1) is 14.6. The van der Waals surface area contributed by atoms with Crippen molar-refractivity contribution in [1.82, 2.24) is 29.6 Å². The van der Waals surface area contributed by atoms with Crippen molar-refractivity contribution in [3.05, 3.63) is 58.3 Å². The zero-order valence-electron chi connectivity index (χ0n) is 17.0. The molecule has 0 aliphatic carbocycles. The highest BCUT2D eigenvalue weighted by Crippen LogP contribution is 2.31. The lowest BCUT2D eigenvalue weighted by Crippen LogP contribution is -2.31. The van der Waals surface area contributed by atoms with Crippen LogP contribution in [0.5, 0.6) is 0 Å². The third-order valence-corrected chi connectivity index (χ3v) is 4.77. The molecule has 11 heteroatoms. The van der Waals surface area contributed by atoms with Crippen LogP contribution in [-0.4, -0.2) is 35.5 Å². The number of amides is 1. The van der Waals surface area contributed by atoms with Gasteiger partial charge in [0.1, 0.15) is 12.9 Å². The van der Waals surface area contributed by atoms with E-state index in [1.165, 1.54) is 29.0 Å². The number of hydrogen-bond donors (Lipinski definition) is 1. The van der Waals surface area contributed by atoms with E-state index in [-0.39, 0.29) is 29.2 Å². The van der Waals surface area contributed by atoms with E-state index in [2.05, 4.69) is 25.7 Å². The number of anilines is 1. The molecule has 0 fully saturated rings. The molecule has 0 spiro atoms. The van der Waals surface area contributed by atoms with E-state index in [4.69, 9.17) is 0 Å². The number of fused-ring (bicyclic) bond motifs is 2. The van der Waals surface area contributed by atoms with Crippen LogP contribution in [0, 0.1) is 0 Å². The van der Waals surface area contributed by atoms with Crippen LogP contribution in [0.25, 0.3) is 16.4 Å². The molecule has 3 aromatic heterocycles. The van der Waals surface area contributed by atoms with Crippen molar-refractivity contribution in [3.8, 4) is 0 Å². The van der Waals surface area contributed by atoms with Crippen LogP contribution in [0.15, 0.2) is 41.5 Å². The van der Waals surface area contributed by atoms with Crippen LogP contribution < -0.4 is 10.9 Å². The summed E-state index contributed by atoms with van der Waals surface area (Å²) < 4.78 is 30.0. The van der Waals surface area contributed by atoms with E-state index in [0.29, 0.717) is 16.7 Å². The topological polar surface area (TPSA) is 107 Å². The summed E-state index contributed by atoms with van der Waals surface area (Å²) in [5, 5.41) is 19.2. The van der Waals surface area contributed by atoms with E-state index < -0.39 is 17.4 Å². The Hall–Kier alpha value is -3.76. The second kappa shape index (κ2) is 7.49. The number of halogens is 2. The Morgan fingerprint density at radius 3 is 2.65 bits per heavy atom. The second-order valence-electron chi connectivity index (χ2n) is 7.55. The fourth-order valence-corrected chi connectivity index (χ4v) is 3.23. The number of carbonyl (C=O) groups excluding carboxylic acids is 1. The molecule has 1 amide bonds. The summed E-state index contributed by atoms with van der Waals surface area (Å²) in [6, 6.07) is 7.06. The Labute approximate surface area is 174 Å². The van der Waals surface area contributed by atoms with Crippen LogP contribution in [-0.2, 0) is 17.3 Å². The number of alkyl halides is 2. The summed E-state index contributed by atoms with van der Waals surface area (Å²) in [6.07, 6.45) is 1.39. The third kappa shape index (κ3) is 3.98. The van der Waals surface area contributed by atoms with Gasteiger partial charge in [-0.2, -0.15) is 9.61 Å². The van der Waals surface area contributed by atoms with Crippen molar-refractivity contribution in [1.29, 1.82) is 0 Å². The standard InChI is InChI=1S/C20H19F2N7O2/c1-11(2)18-14-8-12(20(3,21)22)4-5-13(14)19(31)28(27-18)9-17(30)24-15-6-7-16-25-23-10-29(16)26-15/h4-8,10-11H,9H2,1-3H3,(H,24,26,30). The van der Waals surface area contributed by atoms with Gasteiger partial charge in [-0.05, 0) is 30.2 Å². The normalized spacial score (nSPS) is 12.1. The molecule has 1 aromatic carbocycles. The maximum atomic E-state index is 13.8. The highest BCUT2D eigenvalue weighted by atomic mass is 19.3. The zero-order chi connectivity index (χ0) is 22.3. The molecule has 0 atom stereocenters. The molecule has 160 valence electrons. The first-order valence-corrected chi connectivity index (χ1v) is 9.53. The van der Waals surface area contributed by atoms with Gasteiger partial charge in [0, 0.05) is 17.9 Å². The largest absolute Gasteiger partial charge is 0.308 e. The average Bonchev–Trinajstić information content (AvgIpc) is 3.16. The number of nitrogens with one attached hydrogen (secondary N) is 1. The van der Waals surface area contributed by atoms with Crippen molar-refractivity contribution >= 4 is 28.1 Å². The lowest BCUT2D eigenvalue weighted by molar-refractivity contribution is -0.117. The van der Waals surface area contributed by atoms with Crippen molar-refractivity contribution in [2.75, 3.05) is 5.32 Å². The fourth-order valence-electron chi connectivity index (χ4n) is 3.23. The van der Waals surface area contributed by atoms with Gasteiger partial charge in [0.25, 0.3) is 11.5 Å². The van der Waals surface area contributed by atoms with Crippen molar-refractivity contribution in [2.24, 2.45) is 0 Å². The lowest BCUT2D eigenvalue weighted by atomic mass is 9.99. The van der Waals surface area contributed by atoms with E-state index >= 15 is 0 Å². The molecule has 0 unspecified atom stereocenters. The monoisotopic (exact) mass is 427 g/mol. The predicted molar refractivity (Wildman–Crippen MR) is 109 cm³/mol. The minimum Gasteiger partial charge on any atom is -0.308 e. The van der Waals surface area contributed by atoms with Crippen LogP contribution in [0.4, 0.5) is 14.6 Å². The third-order valence-electron chi connectivity index (χ3n) is 4.77. The molecule has 0 bridgehead atoms. The summed E-state index contributed by atoms with van der Waals surface area (Å²) in [7, 11) is 0. The van der Waals surface area contributed by atoms with Gasteiger partial charge in [-0.3, -0.25) is 9.59 Å². The fraction of sp³-hybridized carbons (Fsp3) is 0.300. The minimum absolute atomic E-state index is 0.157. The van der Waals surface area contributed by atoms with Crippen LogP contribution in [0.3, 0.4) is 0 Å². The molecule has 1 N–H and O–H groups in total. The Kier molecular flexibility index (Phi) is 4.96. The second-order valence-corrected chi connectivity index (χ2v) is 7.55. The lowest BCUT2D eigenvalue weighted by Gasteiger charge is -2.16. The number of hydrogen-bond acceptors (Lipinski definition) is 6. The number of carbonyl (C=O) groups is 1. The highest BCUT2D eigenvalue weighted by Gasteiger charge is 2.26. The van der Waals surface area contributed by atoms with Crippen LogP contribution in [0.1, 0.15) is 37.9 Å². The van der Waals surface area contributed by atoms with Gasteiger partial charge in [-0.15, -0.1) is 15.3 Å². The molecule has 4 aromatic rings. The van der Waals surface area contributed by atoms with Crippen molar-refractivity contribution in [2.45, 2.75) is 39.2 Å².